The van der Waals surface area contributed by atoms with Crippen molar-refractivity contribution in [1.29, 1.82) is 0 Å². The molecule has 0 saturated heterocycles. The number of ether oxygens (including phenoxy) is 1. The van der Waals surface area contributed by atoms with Crippen molar-refractivity contribution >= 4 is 5.69 Å². The van der Waals surface area contributed by atoms with Gasteiger partial charge in [0.25, 0.3) is 0 Å². The first kappa shape index (κ1) is 13.9. The van der Waals surface area contributed by atoms with Crippen molar-refractivity contribution in [1.82, 2.24) is 4.98 Å². The number of benzene rings is 1. The molecule has 4 heteroatoms. The number of halogens is 1. The van der Waals surface area contributed by atoms with E-state index in [1.54, 1.807) is 18.3 Å². The molecule has 3 rings (SSSR count). The molecule has 0 aliphatic heterocycles. The van der Waals surface area contributed by atoms with Gasteiger partial charge in [-0.2, -0.15) is 0 Å². The molecule has 0 atom stereocenters. The zero-order valence-electron chi connectivity index (χ0n) is 12.1. The Kier molecular flexibility index (Phi) is 4.04. The molecule has 0 radical (unpaired) electrons. The lowest BCUT2D eigenvalue weighted by molar-refractivity contribution is 0.327. The summed E-state index contributed by atoms with van der Waals surface area (Å²) >= 11 is 0. The molecule has 0 unspecified atom stereocenters. The highest BCUT2D eigenvalue weighted by Crippen LogP contribution is 2.38. The van der Waals surface area contributed by atoms with Crippen molar-refractivity contribution in [3.8, 4) is 5.88 Å². The van der Waals surface area contributed by atoms with Crippen molar-refractivity contribution in [2.45, 2.75) is 31.7 Å². The normalized spacial score (nSPS) is 20.7. The van der Waals surface area contributed by atoms with Gasteiger partial charge in [0.1, 0.15) is 5.82 Å². The van der Waals surface area contributed by atoms with E-state index >= 15 is 0 Å². The number of aromatic nitrogens is 1. The van der Waals surface area contributed by atoms with Crippen LogP contribution in [0.5, 0.6) is 5.88 Å². The van der Waals surface area contributed by atoms with E-state index in [2.05, 4.69) is 10.3 Å². The summed E-state index contributed by atoms with van der Waals surface area (Å²) in [5.74, 6) is 0.947. The van der Waals surface area contributed by atoms with E-state index in [0.29, 0.717) is 24.4 Å². The van der Waals surface area contributed by atoms with Gasteiger partial charge in [0.05, 0.1) is 18.5 Å². The quantitative estimate of drug-likeness (QED) is 0.902. The minimum atomic E-state index is -0.153. The second-order valence-electron chi connectivity index (χ2n) is 5.38. The predicted octanol–water partition coefficient (Wildman–Crippen LogP) is 3.98. The molecule has 0 bridgehead atoms. The molecule has 110 valence electrons. The van der Waals surface area contributed by atoms with E-state index in [0.717, 1.165) is 24.1 Å². The predicted molar refractivity (Wildman–Crippen MR) is 81.2 cm³/mol. The minimum absolute atomic E-state index is 0.153. The molecule has 1 aliphatic rings. The Morgan fingerprint density at radius 2 is 2.14 bits per heavy atom. The van der Waals surface area contributed by atoms with E-state index in [4.69, 9.17) is 4.74 Å². The Bertz CT molecular complexity index is 594. The molecule has 0 amide bonds. The fraction of sp³-hybridized carbons (Fsp3) is 0.353. The first-order chi connectivity index (χ1) is 10.2. The maximum Gasteiger partial charge on any atom is 0.213 e. The lowest BCUT2D eigenvalue weighted by Gasteiger charge is -2.36. The number of nitrogens with one attached hydrogen (secondary N) is 1. The van der Waals surface area contributed by atoms with E-state index < -0.39 is 0 Å². The van der Waals surface area contributed by atoms with Crippen LogP contribution in [0.1, 0.15) is 31.2 Å². The summed E-state index contributed by atoms with van der Waals surface area (Å²) in [6, 6.07) is 11.2. The van der Waals surface area contributed by atoms with Crippen molar-refractivity contribution in [2.75, 3.05) is 11.9 Å². The monoisotopic (exact) mass is 286 g/mol. The molecule has 21 heavy (non-hydrogen) atoms. The lowest BCUT2D eigenvalue weighted by atomic mass is 9.76. The molecule has 1 aliphatic carbocycles. The van der Waals surface area contributed by atoms with Crippen LogP contribution in [0, 0.1) is 5.82 Å². The molecule has 2 aromatic rings. The van der Waals surface area contributed by atoms with Crippen LogP contribution in [0.2, 0.25) is 0 Å². The van der Waals surface area contributed by atoms with Crippen molar-refractivity contribution in [3.05, 3.63) is 54.0 Å². The van der Waals surface area contributed by atoms with E-state index in [1.807, 2.05) is 25.1 Å². The minimum Gasteiger partial charge on any atom is -0.478 e. The number of pyridine rings is 1. The van der Waals surface area contributed by atoms with Gasteiger partial charge < -0.3 is 10.1 Å². The number of nitrogens with zero attached hydrogens (tertiary/aromatic N) is 1. The molecule has 1 fully saturated rings. The van der Waals surface area contributed by atoms with Gasteiger partial charge in [-0.15, -0.1) is 0 Å². The van der Waals surface area contributed by atoms with Crippen molar-refractivity contribution in [3.63, 3.8) is 0 Å². The number of anilines is 1. The zero-order valence-corrected chi connectivity index (χ0v) is 12.1. The molecule has 1 aromatic heterocycles. The zero-order chi connectivity index (χ0) is 14.7. The summed E-state index contributed by atoms with van der Waals surface area (Å²) in [5.41, 5.74) is 2.10. The van der Waals surface area contributed by atoms with Crippen LogP contribution in [0.3, 0.4) is 0 Å². The summed E-state index contributed by atoms with van der Waals surface area (Å²) < 4.78 is 18.5. The molecular weight excluding hydrogens is 267 g/mol. The van der Waals surface area contributed by atoms with Crippen LogP contribution in [0.15, 0.2) is 42.6 Å². The SMILES string of the molecule is CCOc1ccc(NC2CC(c3cccc(F)c3)C2)cn1. The van der Waals surface area contributed by atoms with Gasteiger partial charge in [-0.25, -0.2) is 9.37 Å². The Morgan fingerprint density at radius 3 is 2.81 bits per heavy atom. The van der Waals surface area contributed by atoms with Gasteiger partial charge in [0, 0.05) is 12.1 Å². The van der Waals surface area contributed by atoms with Gasteiger partial charge >= 0.3 is 0 Å². The first-order valence-corrected chi connectivity index (χ1v) is 7.35. The average Bonchev–Trinajstić information content (AvgIpc) is 2.44. The summed E-state index contributed by atoms with van der Waals surface area (Å²) in [4.78, 5) is 4.23. The second kappa shape index (κ2) is 6.12. The maximum atomic E-state index is 13.2. The average molecular weight is 286 g/mol. The summed E-state index contributed by atoms with van der Waals surface area (Å²) in [7, 11) is 0. The van der Waals surface area contributed by atoms with Crippen LogP contribution in [0.25, 0.3) is 0 Å². The highest BCUT2D eigenvalue weighted by molar-refractivity contribution is 5.44. The smallest absolute Gasteiger partial charge is 0.213 e. The summed E-state index contributed by atoms with van der Waals surface area (Å²) in [6.45, 7) is 2.56. The number of hydrogen-bond donors (Lipinski definition) is 1. The molecule has 3 nitrogen and oxygen atoms in total. The third kappa shape index (κ3) is 3.32. The highest BCUT2D eigenvalue weighted by atomic mass is 19.1. The third-order valence-electron chi connectivity index (χ3n) is 3.86. The Morgan fingerprint density at radius 1 is 1.29 bits per heavy atom. The van der Waals surface area contributed by atoms with Crippen LogP contribution in [-0.2, 0) is 0 Å². The number of rotatable bonds is 5. The first-order valence-electron chi connectivity index (χ1n) is 7.35. The Balaban J connectivity index is 1.52. The lowest BCUT2D eigenvalue weighted by Crippen LogP contribution is -2.34. The largest absolute Gasteiger partial charge is 0.478 e. The van der Waals surface area contributed by atoms with Crippen LogP contribution in [0.4, 0.5) is 10.1 Å². The highest BCUT2D eigenvalue weighted by Gasteiger charge is 2.30. The Labute approximate surface area is 124 Å². The second-order valence-corrected chi connectivity index (χ2v) is 5.38. The molecular formula is C17H19FN2O. The summed E-state index contributed by atoms with van der Waals surface area (Å²) in [5, 5.41) is 3.45. The molecule has 1 saturated carbocycles. The molecule has 1 N–H and O–H groups in total. The third-order valence-corrected chi connectivity index (χ3v) is 3.86. The van der Waals surface area contributed by atoms with Crippen molar-refractivity contribution in [2.24, 2.45) is 0 Å². The maximum absolute atomic E-state index is 13.2. The van der Waals surface area contributed by atoms with E-state index in [-0.39, 0.29) is 5.82 Å². The fourth-order valence-corrected chi connectivity index (χ4v) is 2.70. The standard InChI is InChI=1S/C17H19FN2O/c1-2-21-17-7-6-15(11-19-17)20-16-9-13(10-16)12-4-3-5-14(18)8-12/h3-8,11,13,16,20H,2,9-10H2,1H3. The van der Waals surface area contributed by atoms with Gasteiger partial charge in [0.2, 0.25) is 5.88 Å². The van der Waals surface area contributed by atoms with Gasteiger partial charge in [-0.3, -0.25) is 0 Å². The van der Waals surface area contributed by atoms with Crippen LogP contribution < -0.4 is 10.1 Å². The van der Waals surface area contributed by atoms with E-state index in [9.17, 15) is 4.39 Å². The van der Waals surface area contributed by atoms with Gasteiger partial charge in [-0.1, -0.05) is 12.1 Å². The Hall–Kier alpha value is -2.10. The van der Waals surface area contributed by atoms with Crippen LogP contribution in [-0.4, -0.2) is 17.6 Å². The molecule has 1 heterocycles. The molecule has 1 aromatic carbocycles. The van der Waals surface area contributed by atoms with Gasteiger partial charge in [0.15, 0.2) is 0 Å². The van der Waals surface area contributed by atoms with Gasteiger partial charge in [-0.05, 0) is 49.4 Å². The molecule has 0 spiro atoms. The topological polar surface area (TPSA) is 34.1 Å². The number of hydrogen-bond acceptors (Lipinski definition) is 3. The van der Waals surface area contributed by atoms with E-state index in [1.165, 1.54) is 6.07 Å². The van der Waals surface area contributed by atoms with Crippen LogP contribution >= 0.6 is 0 Å². The van der Waals surface area contributed by atoms with Crippen molar-refractivity contribution < 1.29 is 9.13 Å². The summed E-state index contributed by atoms with van der Waals surface area (Å²) in [6.07, 6.45) is 3.84. The fourth-order valence-electron chi connectivity index (χ4n) is 2.70.